The second-order valence-corrected chi connectivity index (χ2v) is 6.69. The van der Waals surface area contributed by atoms with Gasteiger partial charge in [-0.15, -0.1) is 11.3 Å². The fourth-order valence-electron chi connectivity index (χ4n) is 2.61. The quantitative estimate of drug-likeness (QED) is 0.757. The number of thiophene rings is 1. The lowest BCUT2D eigenvalue weighted by molar-refractivity contribution is -0.141. The van der Waals surface area contributed by atoms with Gasteiger partial charge in [-0.3, -0.25) is 14.4 Å². The molecule has 0 saturated carbocycles. The number of carbonyl (C=O) groups excluding carboxylic acids is 3. The highest BCUT2D eigenvalue weighted by molar-refractivity contribution is 7.10. The van der Waals surface area contributed by atoms with Crippen molar-refractivity contribution in [2.75, 3.05) is 12.4 Å². The summed E-state index contributed by atoms with van der Waals surface area (Å²) in [5, 5.41) is 7.37. The average molecular weight is 374 g/mol. The van der Waals surface area contributed by atoms with Crippen molar-refractivity contribution >= 4 is 34.8 Å². The summed E-state index contributed by atoms with van der Waals surface area (Å²) in [6.45, 7) is 0. The third kappa shape index (κ3) is 4.20. The summed E-state index contributed by atoms with van der Waals surface area (Å²) in [5.41, 5.74) is 0.580. The maximum absolute atomic E-state index is 12.4. The van der Waals surface area contributed by atoms with Gasteiger partial charge in [0.05, 0.1) is 31.7 Å². The van der Waals surface area contributed by atoms with Crippen molar-refractivity contribution in [3.63, 3.8) is 0 Å². The van der Waals surface area contributed by atoms with Crippen molar-refractivity contribution in [1.29, 1.82) is 0 Å². The lowest BCUT2D eigenvalue weighted by Crippen LogP contribution is -2.41. The number of anilines is 1. The van der Waals surface area contributed by atoms with E-state index in [2.05, 4.69) is 10.6 Å². The van der Waals surface area contributed by atoms with Crippen LogP contribution in [0, 0.1) is 0 Å². The molecule has 0 aliphatic carbocycles. The van der Waals surface area contributed by atoms with Gasteiger partial charge in [0.15, 0.2) is 6.10 Å². The molecule has 26 heavy (non-hydrogen) atoms. The molecule has 136 valence electrons. The van der Waals surface area contributed by atoms with Crippen LogP contribution in [-0.4, -0.2) is 31.0 Å². The molecule has 0 bridgehead atoms. The Balaban J connectivity index is 1.65. The summed E-state index contributed by atoms with van der Waals surface area (Å²) in [4.78, 5) is 37.0. The third-order valence-electron chi connectivity index (χ3n) is 3.90. The van der Waals surface area contributed by atoms with Gasteiger partial charge in [0.1, 0.15) is 5.75 Å². The Morgan fingerprint density at radius 2 is 2.12 bits per heavy atom. The maximum Gasteiger partial charge on any atom is 0.307 e. The lowest BCUT2D eigenvalue weighted by atomic mass is 10.1. The van der Waals surface area contributed by atoms with Gasteiger partial charge in [0, 0.05) is 4.88 Å². The molecule has 0 radical (unpaired) electrons. The monoisotopic (exact) mass is 374 g/mol. The predicted molar refractivity (Wildman–Crippen MR) is 95.9 cm³/mol. The highest BCUT2D eigenvalue weighted by Crippen LogP contribution is 2.30. The van der Waals surface area contributed by atoms with E-state index < -0.39 is 18.1 Å². The Morgan fingerprint density at radius 3 is 2.85 bits per heavy atom. The van der Waals surface area contributed by atoms with Crippen molar-refractivity contribution in [2.45, 2.75) is 25.0 Å². The number of para-hydroxylation sites is 2. The Hall–Kier alpha value is -2.87. The third-order valence-corrected chi connectivity index (χ3v) is 4.88. The van der Waals surface area contributed by atoms with Gasteiger partial charge in [-0.1, -0.05) is 18.2 Å². The molecular weight excluding hydrogens is 356 g/mol. The van der Waals surface area contributed by atoms with E-state index in [0.29, 0.717) is 11.4 Å². The SMILES string of the molecule is COC(=O)CC(NC(=O)CC1Oc2ccccc2NC1=O)c1cccs1. The molecule has 8 heteroatoms. The minimum Gasteiger partial charge on any atom is -0.478 e. The number of hydrogen-bond acceptors (Lipinski definition) is 6. The molecule has 3 rings (SSSR count). The molecule has 2 N–H and O–H groups in total. The van der Waals surface area contributed by atoms with Crippen LogP contribution in [-0.2, 0) is 19.1 Å². The summed E-state index contributed by atoms with van der Waals surface area (Å²) in [5.74, 6) is -0.662. The minimum absolute atomic E-state index is 0.0172. The lowest BCUT2D eigenvalue weighted by Gasteiger charge is -2.26. The van der Waals surface area contributed by atoms with Gasteiger partial charge in [0.25, 0.3) is 5.91 Å². The molecule has 0 saturated heterocycles. The second-order valence-electron chi connectivity index (χ2n) is 5.71. The number of ether oxygens (including phenoxy) is 2. The predicted octanol–water partition coefficient (Wildman–Crippen LogP) is 2.26. The molecule has 2 heterocycles. The van der Waals surface area contributed by atoms with Crippen LogP contribution in [0.5, 0.6) is 5.75 Å². The smallest absolute Gasteiger partial charge is 0.307 e. The molecule has 0 spiro atoms. The fourth-order valence-corrected chi connectivity index (χ4v) is 3.39. The number of methoxy groups -OCH3 is 1. The summed E-state index contributed by atoms with van der Waals surface area (Å²) < 4.78 is 10.3. The number of amides is 2. The van der Waals surface area contributed by atoms with Gasteiger partial charge in [-0.05, 0) is 23.6 Å². The van der Waals surface area contributed by atoms with Crippen molar-refractivity contribution in [3.05, 3.63) is 46.7 Å². The van der Waals surface area contributed by atoms with Crippen LogP contribution in [0.4, 0.5) is 5.69 Å². The first-order valence-electron chi connectivity index (χ1n) is 8.03. The molecule has 1 aromatic carbocycles. The Kier molecular flexibility index (Phi) is 5.52. The fraction of sp³-hybridized carbons (Fsp3) is 0.278. The van der Waals surface area contributed by atoms with Crippen molar-refractivity contribution in [2.24, 2.45) is 0 Å². The van der Waals surface area contributed by atoms with E-state index in [0.717, 1.165) is 4.88 Å². The Bertz CT molecular complexity index is 806. The Labute approximate surface area is 154 Å². The largest absolute Gasteiger partial charge is 0.478 e. The summed E-state index contributed by atoms with van der Waals surface area (Å²) in [6.07, 6.45) is -1.06. The molecule has 1 aliphatic rings. The average Bonchev–Trinajstić information content (AvgIpc) is 3.16. The van der Waals surface area contributed by atoms with Crippen molar-refractivity contribution < 1.29 is 23.9 Å². The molecule has 7 nitrogen and oxygen atoms in total. The van der Waals surface area contributed by atoms with Crippen LogP contribution in [0.25, 0.3) is 0 Å². The van der Waals surface area contributed by atoms with E-state index in [-0.39, 0.29) is 24.7 Å². The number of benzene rings is 1. The van der Waals surface area contributed by atoms with Crippen LogP contribution < -0.4 is 15.4 Å². The van der Waals surface area contributed by atoms with E-state index in [1.165, 1.54) is 18.4 Å². The highest BCUT2D eigenvalue weighted by atomic mass is 32.1. The minimum atomic E-state index is -0.924. The first-order valence-corrected chi connectivity index (χ1v) is 8.91. The van der Waals surface area contributed by atoms with E-state index in [4.69, 9.17) is 9.47 Å². The highest BCUT2D eigenvalue weighted by Gasteiger charge is 2.30. The van der Waals surface area contributed by atoms with Crippen LogP contribution in [0.1, 0.15) is 23.8 Å². The summed E-state index contributed by atoms with van der Waals surface area (Å²) in [7, 11) is 1.30. The molecule has 2 aromatic rings. The molecule has 1 aliphatic heterocycles. The molecule has 2 atom stereocenters. The maximum atomic E-state index is 12.4. The van der Waals surface area contributed by atoms with Crippen LogP contribution in [0.2, 0.25) is 0 Å². The molecule has 2 amide bonds. The van der Waals surface area contributed by atoms with E-state index in [9.17, 15) is 14.4 Å². The van der Waals surface area contributed by atoms with Crippen molar-refractivity contribution in [1.82, 2.24) is 5.32 Å². The molecular formula is C18H18N2O5S. The molecule has 2 unspecified atom stereocenters. The molecule has 0 fully saturated rings. The van der Waals surface area contributed by atoms with Gasteiger partial charge in [0.2, 0.25) is 5.91 Å². The number of fused-ring (bicyclic) bond motifs is 1. The topological polar surface area (TPSA) is 93.7 Å². The zero-order valence-electron chi connectivity index (χ0n) is 14.1. The van der Waals surface area contributed by atoms with Crippen molar-refractivity contribution in [3.8, 4) is 5.75 Å². The first-order chi connectivity index (χ1) is 12.6. The van der Waals surface area contributed by atoms with Gasteiger partial charge < -0.3 is 20.1 Å². The Morgan fingerprint density at radius 1 is 1.31 bits per heavy atom. The van der Waals surface area contributed by atoms with E-state index in [1.54, 1.807) is 24.3 Å². The number of carbonyl (C=O) groups is 3. The van der Waals surface area contributed by atoms with E-state index >= 15 is 0 Å². The van der Waals surface area contributed by atoms with Crippen LogP contribution in [0.3, 0.4) is 0 Å². The summed E-state index contributed by atoms with van der Waals surface area (Å²) >= 11 is 1.43. The van der Waals surface area contributed by atoms with Crippen LogP contribution >= 0.6 is 11.3 Å². The zero-order chi connectivity index (χ0) is 18.5. The van der Waals surface area contributed by atoms with E-state index in [1.807, 2.05) is 17.5 Å². The van der Waals surface area contributed by atoms with Crippen LogP contribution in [0.15, 0.2) is 41.8 Å². The molecule has 1 aromatic heterocycles. The standard InChI is InChI=1S/C18H18N2O5S/c1-24-17(22)9-12(15-7-4-8-26-15)19-16(21)10-14-18(23)20-11-5-2-3-6-13(11)25-14/h2-8,12,14H,9-10H2,1H3,(H,19,21)(H,20,23). The number of esters is 1. The number of nitrogens with one attached hydrogen (secondary N) is 2. The first kappa shape index (κ1) is 17.9. The number of rotatable bonds is 6. The second kappa shape index (κ2) is 8.01. The van der Waals surface area contributed by atoms with Gasteiger partial charge in [-0.2, -0.15) is 0 Å². The van der Waals surface area contributed by atoms with Gasteiger partial charge >= 0.3 is 5.97 Å². The van der Waals surface area contributed by atoms with Gasteiger partial charge in [-0.25, -0.2) is 0 Å². The normalized spacial score (nSPS) is 16.7. The summed E-state index contributed by atoms with van der Waals surface area (Å²) in [6, 6.07) is 10.2. The number of hydrogen-bond donors (Lipinski definition) is 2. The zero-order valence-corrected chi connectivity index (χ0v) is 14.9.